The molecule has 0 bridgehead atoms. The van der Waals surface area contributed by atoms with E-state index >= 15 is 0 Å². The topological polar surface area (TPSA) is 77.3 Å². The van der Waals surface area contributed by atoms with Crippen LogP contribution in [0.5, 0.6) is 5.75 Å². The minimum absolute atomic E-state index is 0.263. The quantitative estimate of drug-likeness (QED) is 0.683. The highest BCUT2D eigenvalue weighted by molar-refractivity contribution is 6.20. The number of rotatable bonds is 6. The van der Waals surface area contributed by atoms with Gasteiger partial charge in [0.1, 0.15) is 11.3 Å². The van der Waals surface area contributed by atoms with E-state index < -0.39 is 5.56 Å². The van der Waals surface area contributed by atoms with Crippen molar-refractivity contribution in [2.75, 3.05) is 0 Å². The Bertz CT molecular complexity index is 907. The van der Waals surface area contributed by atoms with Gasteiger partial charge in [-0.05, 0) is 36.6 Å². The summed E-state index contributed by atoms with van der Waals surface area (Å²) in [4.78, 5) is 20.6. The number of amides is 1. The standard InChI is InChI=1S/C18H16ClN3O3/c19-17(12-2-3-12)25-15-5-6-20-9-13(15)18(23)21-8-11-1-4-14-16(7-11)24-10-22-14/h1,4-7,9-10,12,17H,2-3,8H2,(H,21,23)/t17-/m1/s1. The van der Waals surface area contributed by atoms with Gasteiger partial charge in [0, 0.05) is 24.9 Å². The maximum atomic E-state index is 12.5. The average molecular weight is 358 g/mol. The summed E-state index contributed by atoms with van der Waals surface area (Å²) in [5.41, 5.74) is 2.34. The molecule has 1 saturated carbocycles. The molecule has 0 aliphatic heterocycles. The minimum atomic E-state index is -0.414. The number of alkyl halides is 1. The molecule has 2 aromatic heterocycles. The molecule has 2 heterocycles. The van der Waals surface area contributed by atoms with Crippen molar-refractivity contribution in [3.8, 4) is 5.75 Å². The number of hydrogen-bond acceptors (Lipinski definition) is 5. The molecular formula is C18H16ClN3O3. The van der Waals surface area contributed by atoms with E-state index in [0.29, 0.717) is 29.4 Å². The van der Waals surface area contributed by atoms with E-state index in [4.69, 9.17) is 20.8 Å². The summed E-state index contributed by atoms with van der Waals surface area (Å²) in [7, 11) is 0. The zero-order chi connectivity index (χ0) is 17.2. The van der Waals surface area contributed by atoms with E-state index in [2.05, 4.69) is 15.3 Å². The van der Waals surface area contributed by atoms with Gasteiger partial charge in [-0.25, -0.2) is 4.98 Å². The number of pyridine rings is 1. The maximum absolute atomic E-state index is 12.5. The molecule has 1 fully saturated rings. The van der Waals surface area contributed by atoms with Crippen molar-refractivity contribution in [3.63, 3.8) is 0 Å². The lowest BCUT2D eigenvalue weighted by Crippen LogP contribution is -2.24. The Morgan fingerprint density at radius 3 is 3.12 bits per heavy atom. The summed E-state index contributed by atoms with van der Waals surface area (Å²) in [6.07, 6.45) is 6.59. The predicted molar refractivity (Wildman–Crippen MR) is 92.4 cm³/mol. The van der Waals surface area contributed by atoms with Crippen molar-refractivity contribution >= 4 is 28.6 Å². The number of carbonyl (C=O) groups is 1. The van der Waals surface area contributed by atoms with E-state index in [1.54, 1.807) is 12.3 Å². The van der Waals surface area contributed by atoms with Crippen LogP contribution in [-0.2, 0) is 6.54 Å². The number of hydrogen-bond donors (Lipinski definition) is 1. The molecule has 0 unspecified atom stereocenters. The van der Waals surface area contributed by atoms with Gasteiger partial charge in [0.2, 0.25) is 0 Å². The van der Waals surface area contributed by atoms with Crippen LogP contribution in [0.1, 0.15) is 28.8 Å². The molecule has 1 amide bonds. The lowest BCUT2D eigenvalue weighted by molar-refractivity contribution is 0.0945. The van der Waals surface area contributed by atoms with Crippen LogP contribution < -0.4 is 10.1 Å². The highest BCUT2D eigenvalue weighted by atomic mass is 35.5. The summed E-state index contributed by atoms with van der Waals surface area (Å²) >= 11 is 6.22. The number of ether oxygens (including phenoxy) is 1. The largest absolute Gasteiger partial charge is 0.473 e. The Morgan fingerprint density at radius 2 is 2.28 bits per heavy atom. The van der Waals surface area contributed by atoms with Crippen molar-refractivity contribution in [1.82, 2.24) is 15.3 Å². The van der Waals surface area contributed by atoms with Crippen LogP contribution in [0.2, 0.25) is 0 Å². The second kappa shape index (κ2) is 6.72. The summed E-state index contributed by atoms with van der Waals surface area (Å²) < 4.78 is 11.0. The fourth-order valence-electron chi connectivity index (χ4n) is 2.52. The third-order valence-corrected chi connectivity index (χ3v) is 4.55. The summed E-state index contributed by atoms with van der Waals surface area (Å²) in [5, 5.41) is 2.87. The molecule has 3 aromatic rings. The molecule has 7 heteroatoms. The molecular weight excluding hydrogens is 342 g/mol. The molecule has 25 heavy (non-hydrogen) atoms. The molecule has 0 saturated heterocycles. The summed E-state index contributed by atoms with van der Waals surface area (Å²) in [5.74, 6) is 0.546. The molecule has 1 aliphatic rings. The van der Waals surface area contributed by atoms with Crippen LogP contribution in [-0.4, -0.2) is 21.4 Å². The van der Waals surface area contributed by atoms with Gasteiger partial charge in [-0.2, -0.15) is 0 Å². The Hall–Kier alpha value is -2.60. The minimum Gasteiger partial charge on any atom is -0.473 e. The number of aromatic nitrogens is 2. The zero-order valence-electron chi connectivity index (χ0n) is 13.3. The molecule has 0 radical (unpaired) electrons. The number of nitrogens with one attached hydrogen (secondary N) is 1. The highest BCUT2D eigenvalue weighted by Crippen LogP contribution is 2.37. The van der Waals surface area contributed by atoms with E-state index in [9.17, 15) is 4.79 Å². The van der Waals surface area contributed by atoms with Crippen LogP contribution in [0, 0.1) is 5.92 Å². The van der Waals surface area contributed by atoms with Crippen molar-refractivity contribution in [3.05, 3.63) is 54.2 Å². The second-order valence-corrected chi connectivity index (χ2v) is 6.45. The Morgan fingerprint density at radius 1 is 1.40 bits per heavy atom. The highest BCUT2D eigenvalue weighted by Gasteiger charge is 2.32. The van der Waals surface area contributed by atoms with Crippen molar-refractivity contribution in [1.29, 1.82) is 0 Å². The average Bonchev–Trinajstić information content (AvgIpc) is 3.38. The smallest absolute Gasteiger partial charge is 0.256 e. The summed E-state index contributed by atoms with van der Waals surface area (Å²) in [6, 6.07) is 7.26. The molecule has 128 valence electrons. The number of fused-ring (bicyclic) bond motifs is 1. The van der Waals surface area contributed by atoms with Crippen LogP contribution in [0.15, 0.2) is 47.5 Å². The molecule has 4 rings (SSSR count). The van der Waals surface area contributed by atoms with Crippen molar-refractivity contribution in [2.45, 2.75) is 24.9 Å². The second-order valence-electron chi connectivity index (χ2n) is 6.02. The van der Waals surface area contributed by atoms with Crippen LogP contribution in [0.3, 0.4) is 0 Å². The van der Waals surface area contributed by atoms with Crippen molar-refractivity contribution in [2.24, 2.45) is 5.92 Å². The number of oxazole rings is 1. The van der Waals surface area contributed by atoms with Gasteiger partial charge < -0.3 is 14.5 Å². The first-order valence-corrected chi connectivity index (χ1v) is 8.49. The van der Waals surface area contributed by atoms with Crippen LogP contribution in [0.25, 0.3) is 11.1 Å². The number of benzene rings is 1. The Kier molecular flexibility index (Phi) is 4.28. The van der Waals surface area contributed by atoms with Gasteiger partial charge in [0.05, 0.1) is 5.56 Å². The predicted octanol–water partition coefficient (Wildman–Crippen LogP) is 3.51. The molecule has 1 N–H and O–H groups in total. The molecule has 1 atom stereocenters. The number of halogens is 1. The zero-order valence-corrected chi connectivity index (χ0v) is 14.1. The first kappa shape index (κ1) is 15.9. The first-order chi connectivity index (χ1) is 12.2. The normalized spacial score (nSPS) is 15.1. The fourth-order valence-corrected chi connectivity index (χ4v) is 2.87. The van der Waals surface area contributed by atoms with Gasteiger partial charge in [0.25, 0.3) is 5.91 Å². The first-order valence-electron chi connectivity index (χ1n) is 8.06. The number of nitrogens with zero attached hydrogens (tertiary/aromatic N) is 2. The van der Waals surface area contributed by atoms with Crippen LogP contribution >= 0.6 is 11.6 Å². The Balaban J connectivity index is 1.45. The van der Waals surface area contributed by atoms with E-state index in [0.717, 1.165) is 23.9 Å². The molecule has 0 spiro atoms. The molecule has 6 nitrogen and oxygen atoms in total. The fraction of sp³-hybridized carbons (Fsp3) is 0.278. The van der Waals surface area contributed by atoms with Crippen molar-refractivity contribution < 1.29 is 13.9 Å². The summed E-state index contributed by atoms with van der Waals surface area (Å²) in [6.45, 7) is 0.358. The SMILES string of the molecule is O=C(NCc1ccc2ncoc2c1)c1cnccc1O[C@@H](Cl)C1CC1. The maximum Gasteiger partial charge on any atom is 0.256 e. The lowest BCUT2D eigenvalue weighted by Gasteiger charge is -2.15. The third-order valence-electron chi connectivity index (χ3n) is 4.11. The van der Waals surface area contributed by atoms with Gasteiger partial charge in [-0.3, -0.25) is 9.78 Å². The molecule has 1 aliphatic carbocycles. The van der Waals surface area contributed by atoms with Crippen LogP contribution in [0.4, 0.5) is 0 Å². The monoisotopic (exact) mass is 357 g/mol. The lowest BCUT2D eigenvalue weighted by atomic mass is 10.2. The van der Waals surface area contributed by atoms with Gasteiger partial charge >= 0.3 is 0 Å². The van der Waals surface area contributed by atoms with Gasteiger partial charge in [0.15, 0.2) is 17.5 Å². The third kappa shape index (κ3) is 3.58. The number of carbonyl (C=O) groups excluding carboxylic acids is 1. The van der Waals surface area contributed by atoms with E-state index in [-0.39, 0.29) is 5.91 Å². The Labute approximate surface area is 149 Å². The molecule has 1 aromatic carbocycles. The van der Waals surface area contributed by atoms with Gasteiger partial charge in [-0.1, -0.05) is 17.7 Å². The van der Waals surface area contributed by atoms with Gasteiger partial charge in [-0.15, -0.1) is 0 Å². The van der Waals surface area contributed by atoms with E-state index in [1.165, 1.54) is 12.6 Å². The van der Waals surface area contributed by atoms with E-state index in [1.807, 2.05) is 18.2 Å².